The Hall–Kier alpha value is -1.20. The van der Waals surface area contributed by atoms with Crippen LogP contribution in [0.4, 0.5) is 0 Å². The molecule has 0 aromatic heterocycles. The van der Waals surface area contributed by atoms with Gasteiger partial charge in [-0.1, -0.05) is 0 Å². The molecule has 5 heteroatoms. The van der Waals surface area contributed by atoms with Crippen LogP contribution in [0.3, 0.4) is 0 Å². The Kier molecular flexibility index (Phi) is 3.38. The predicted molar refractivity (Wildman–Crippen MR) is 55.9 cm³/mol. The van der Waals surface area contributed by atoms with E-state index in [9.17, 15) is 9.90 Å². The number of carbonyl (C=O) groups excluding carboxylic acids is 1. The average Bonchev–Trinajstić information content (AvgIpc) is 2.19. The van der Waals surface area contributed by atoms with E-state index in [0.29, 0.717) is 0 Å². The second-order valence-corrected chi connectivity index (χ2v) is 3.22. The molecule has 0 saturated heterocycles. The number of aromatic hydroxyl groups is 2. The zero-order valence-electron chi connectivity index (χ0n) is 7.34. The molecule has 0 unspecified atom stereocenters. The molecule has 0 radical (unpaired) electrons. The van der Waals surface area contributed by atoms with E-state index in [4.69, 9.17) is 10.8 Å². The van der Waals surface area contributed by atoms with Crippen molar-refractivity contribution in [3.63, 3.8) is 0 Å². The summed E-state index contributed by atoms with van der Waals surface area (Å²) >= 11 is 3.88. The lowest BCUT2D eigenvalue weighted by atomic mass is 10.0. The second-order valence-electron chi connectivity index (χ2n) is 2.85. The van der Waals surface area contributed by atoms with Gasteiger partial charge in [0.15, 0.2) is 5.78 Å². The monoisotopic (exact) mass is 213 g/mol. The molecule has 0 aliphatic rings. The molecule has 1 atom stereocenters. The van der Waals surface area contributed by atoms with Crippen LogP contribution in [-0.4, -0.2) is 27.8 Å². The Morgan fingerprint density at radius 1 is 1.50 bits per heavy atom. The highest BCUT2D eigenvalue weighted by atomic mass is 32.1. The molecule has 1 aromatic rings. The molecule has 0 amide bonds. The van der Waals surface area contributed by atoms with Crippen LogP contribution in [0.5, 0.6) is 11.5 Å². The molecule has 0 aliphatic heterocycles. The lowest BCUT2D eigenvalue weighted by Crippen LogP contribution is -2.32. The molecule has 0 heterocycles. The van der Waals surface area contributed by atoms with Crippen LogP contribution in [-0.2, 0) is 0 Å². The lowest BCUT2D eigenvalue weighted by Gasteiger charge is -2.08. The topological polar surface area (TPSA) is 83.6 Å². The minimum Gasteiger partial charge on any atom is -0.508 e. The smallest absolute Gasteiger partial charge is 0.184 e. The van der Waals surface area contributed by atoms with Gasteiger partial charge in [-0.15, -0.1) is 0 Å². The van der Waals surface area contributed by atoms with Crippen molar-refractivity contribution in [3.05, 3.63) is 23.8 Å². The van der Waals surface area contributed by atoms with Gasteiger partial charge < -0.3 is 15.9 Å². The van der Waals surface area contributed by atoms with E-state index in [1.165, 1.54) is 18.2 Å². The highest BCUT2D eigenvalue weighted by molar-refractivity contribution is 7.80. The fourth-order valence-corrected chi connectivity index (χ4v) is 1.17. The first-order valence-corrected chi connectivity index (χ1v) is 4.62. The minimum atomic E-state index is -0.772. The van der Waals surface area contributed by atoms with E-state index in [1.807, 2.05) is 0 Å². The summed E-state index contributed by atoms with van der Waals surface area (Å²) in [6.07, 6.45) is 0. The van der Waals surface area contributed by atoms with E-state index < -0.39 is 11.8 Å². The fourth-order valence-electron chi connectivity index (χ4n) is 1.00. The van der Waals surface area contributed by atoms with Crippen molar-refractivity contribution in [2.45, 2.75) is 6.04 Å². The quantitative estimate of drug-likeness (QED) is 0.335. The number of phenolic OH excluding ortho intramolecular Hbond substituents is 2. The van der Waals surface area contributed by atoms with Crippen LogP contribution in [0.1, 0.15) is 10.4 Å². The van der Waals surface area contributed by atoms with Crippen molar-refractivity contribution in [2.75, 3.05) is 5.75 Å². The van der Waals surface area contributed by atoms with Gasteiger partial charge in [-0.2, -0.15) is 12.6 Å². The summed E-state index contributed by atoms with van der Waals surface area (Å²) in [7, 11) is 0. The molecular formula is C9H11NO3S. The Morgan fingerprint density at radius 2 is 2.14 bits per heavy atom. The maximum atomic E-state index is 11.5. The number of hydrogen-bond acceptors (Lipinski definition) is 5. The summed E-state index contributed by atoms with van der Waals surface area (Å²) in [6.45, 7) is 0. The van der Waals surface area contributed by atoms with Gasteiger partial charge in [0, 0.05) is 5.75 Å². The zero-order valence-corrected chi connectivity index (χ0v) is 8.24. The molecule has 0 saturated carbocycles. The molecule has 0 fully saturated rings. The lowest BCUT2D eigenvalue weighted by molar-refractivity contribution is 0.0967. The van der Waals surface area contributed by atoms with Gasteiger partial charge in [-0.25, -0.2) is 0 Å². The second kappa shape index (κ2) is 4.34. The molecule has 1 aromatic carbocycles. The Labute approximate surface area is 86.8 Å². The summed E-state index contributed by atoms with van der Waals surface area (Å²) in [5, 5.41) is 18.5. The molecule has 0 bridgehead atoms. The third kappa shape index (κ3) is 2.18. The predicted octanol–water partition coefficient (Wildman–Crippen LogP) is 0.538. The number of phenols is 2. The summed E-state index contributed by atoms with van der Waals surface area (Å²) in [5.41, 5.74) is 5.47. The first kappa shape index (κ1) is 10.9. The Morgan fingerprint density at radius 3 is 2.71 bits per heavy atom. The van der Waals surface area contributed by atoms with Crippen LogP contribution in [0.15, 0.2) is 18.2 Å². The van der Waals surface area contributed by atoms with Crippen LogP contribution < -0.4 is 5.73 Å². The van der Waals surface area contributed by atoms with Gasteiger partial charge in [0.2, 0.25) is 0 Å². The summed E-state index contributed by atoms with van der Waals surface area (Å²) in [6, 6.07) is 2.94. The number of nitrogens with two attached hydrogens (primary N) is 1. The maximum absolute atomic E-state index is 11.5. The minimum absolute atomic E-state index is 0.0200. The van der Waals surface area contributed by atoms with Crippen LogP contribution in [0.2, 0.25) is 0 Å². The van der Waals surface area contributed by atoms with E-state index in [2.05, 4.69) is 12.6 Å². The van der Waals surface area contributed by atoms with E-state index >= 15 is 0 Å². The maximum Gasteiger partial charge on any atom is 0.184 e. The number of rotatable bonds is 3. The van der Waals surface area contributed by atoms with Gasteiger partial charge in [-0.05, 0) is 18.2 Å². The van der Waals surface area contributed by atoms with E-state index in [1.54, 1.807) is 0 Å². The average molecular weight is 213 g/mol. The van der Waals surface area contributed by atoms with E-state index in [0.717, 1.165) is 0 Å². The molecule has 76 valence electrons. The van der Waals surface area contributed by atoms with Crippen molar-refractivity contribution in [2.24, 2.45) is 5.73 Å². The highest BCUT2D eigenvalue weighted by Crippen LogP contribution is 2.23. The molecule has 4 N–H and O–H groups in total. The van der Waals surface area contributed by atoms with Gasteiger partial charge in [0.05, 0.1) is 11.6 Å². The first-order chi connectivity index (χ1) is 6.56. The van der Waals surface area contributed by atoms with Crippen molar-refractivity contribution in [1.82, 2.24) is 0 Å². The third-order valence-electron chi connectivity index (χ3n) is 1.78. The van der Waals surface area contributed by atoms with Crippen LogP contribution in [0.25, 0.3) is 0 Å². The zero-order chi connectivity index (χ0) is 10.7. The van der Waals surface area contributed by atoms with Crippen molar-refractivity contribution in [1.29, 1.82) is 0 Å². The third-order valence-corrected chi connectivity index (χ3v) is 2.17. The van der Waals surface area contributed by atoms with Crippen molar-refractivity contribution >= 4 is 18.4 Å². The number of thiol groups is 1. The number of ketones is 1. The molecule has 1 rings (SSSR count). The Bertz CT molecular complexity index is 354. The first-order valence-electron chi connectivity index (χ1n) is 3.99. The largest absolute Gasteiger partial charge is 0.508 e. The standard InChI is InChI=1S/C9H11NO3S/c10-7(4-14)9(13)6-3-5(11)1-2-8(6)12/h1-3,7,11-12,14H,4,10H2/t7-/m1/s1. The summed E-state index contributed by atoms with van der Waals surface area (Å²) in [4.78, 5) is 11.5. The molecular weight excluding hydrogens is 202 g/mol. The van der Waals surface area contributed by atoms with Crippen molar-refractivity contribution in [3.8, 4) is 11.5 Å². The normalized spacial score (nSPS) is 12.4. The van der Waals surface area contributed by atoms with Gasteiger partial charge >= 0.3 is 0 Å². The van der Waals surface area contributed by atoms with E-state index in [-0.39, 0.29) is 22.8 Å². The molecule has 4 nitrogen and oxygen atoms in total. The van der Waals surface area contributed by atoms with Gasteiger partial charge in [0.1, 0.15) is 11.5 Å². The fraction of sp³-hybridized carbons (Fsp3) is 0.222. The van der Waals surface area contributed by atoms with Crippen molar-refractivity contribution < 1.29 is 15.0 Å². The van der Waals surface area contributed by atoms with Gasteiger partial charge in [-0.3, -0.25) is 4.79 Å². The molecule has 0 spiro atoms. The van der Waals surface area contributed by atoms with Gasteiger partial charge in [0.25, 0.3) is 0 Å². The molecule has 14 heavy (non-hydrogen) atoms. The number of Topliss-reactive ketones (excluding diaryl/α,β-unsaturated/α-hetero) is 1. The number of carbonyl (C=O) groups is 1. The SMILES string of the molecule is N[C@H](CS)C(=O)c1cc(O)ccc1O. The summed E-state index contributed by atoms with van der Waals surface area (Å²) < 4.78 is 0. The number of hydrogen-bond donors (Lipinski definition) is 4. The number of benzene rings is 1. The van der Waals surface area contributed by atoms with Crippen LogP contribution >= 0.6 is 12.6 Å². The Balaban J connectivity index is 3.06. The molecule has 0 aliphatic carbocycles. The summed E-state index contributed by atoms with van der Waals surface area (Å²) in [5.74, 6) is -0.524. The van der Waals surface area contributed by atoms with Crippen LogP contribution in [0, 0.1) is 0 Å². The highest BCUT2D eigenvalue weighted by Gasteiger charge is 2.17.